The zero-order valence-corrected chi connectivity index (χ0v) is 17.5. The Morgan fingerprint density at radius 3 is 1.15 bits per heavy atom. The maximum absolute atomic E-state index is 12.7. The van der Waals surface area contributed by atoms with Gasteiger partial charge in [0.1, 0.15) is 0 Å². The summed E-state index contributed by atoms with van der Waals surface area (Å²) in [6.07, 6.45) is 5.77. The highest BCUT2D eigenvalue weighted by atomic mass is 16.2. The van der Waals surface area contributed by atoms with Crippen LogP contribution in [0.2, 0.25) is 0 Å². The third kappa shape index (κ3) is 2.79. The number of imide groups is 2. The number of hydrogen-bond donors (Lipinski definition) is 0. The first-order chi connectivity index (χ1) is 16.5. The van der Waals surface area contributed by atoms with Gasteiger partial charge in [-0.25, -0.2) is 9.80 Å². The van der Waals surface area contributed by atoms with E-state index in [9.17, 15) is 19.2 Å². The zero-order chi connectivity index (χ0) is 23.4. The minimum Gasteiger partial charge on any atom is -0.268 e. The Morgan fingerprint density at radius 1 is 0.441 bits per heavy atom. The van der Waals surface area contributed by atoms with Gasteiger partial charge < -0.3 is 0 Å². The number of anilines is 2. The van der Waals surface area contributed by atoms with Gasteiger partial charge in [0.15, 0.2) is 0 Å². The fourth-order valence-corrected chi connectivity index (χ4v) is 4.24. The van der Waals surface area contributed by atoms with Crippen molar-refractivity contribution in [1.29, 1.82) is 0 Å². The van der Waals surface area contributed by atoms with Gasteiger partial charge in [-0.3, -0.25) is 29.1 Å². The number of rotatable bonds is 3. The van der Waals surface area contributed by atoms with Gasteiger partial charge in [0.05, 0.1) is 33.6 Å². The Bertz CT molecular complexity index is 1340. The van der Waals surface area contributed by atoms with Crippen molar-refractivity contribution in [1.82, 2.24) is 9.97 Å². The second kappa shape index (κ2) is 7.28. The second-order valence-corrected chi connectivity index (χ2v) is 7.83. The second-order valence-electron chi connectivity index (χ2n) is 7.83. The minimum absolute atomic E-state index is 0.288. The highest BCUT2D eigenvalue weighted by Gasteiger charge is 2.37. The summed E-state index contributed by atoms with van der Waals surface area (Å²) in [5.74, 6) is -1.56. The van der Waals surface area contributed by atoms with Crippen molar-refractivity contribution in [2.24, 2.45) is 0 Å². The Balaban J connectivity index is 1.25. The highest BCUT2D eigenvalue weighted by Crippen LogP contribution is 2.32. The lowest BCUT2D eigenvalue weighted by atomic mass is 10.0. The number of pyridine rings is 2. The SMILES string of the molecule is O=C1c2ccncc2C(=O)N1c1ccc(-c2ccc(N3C(=O)c4ccncc4C3=O)cc2)cc1. The summed E-state index contributed by atoms with van der Waals surface area (Å²) < 4.78 is 0. The Kier molecular flexibility index (Phi) is 4.21. The predicted octanol–water partition coefficient (Wildman–Crippen LogP) is 3.74. The lowest BCUT2D eigenvalue weighted by Crippen LogP contribution is -2.29. The summed E-state index contributed by atoms with van der Waals surface area (Å²) in [6.45, 7) is 0. The minimum atomic E-state index is -0.402. The Morgan fingerprint density at radius 2 is 0.794 bits per heavy atom. The smallest absolute Gasteiger partial charge is 0.267 e. The fraction of sp³-hybridized carbons (Fsp3) is 0. The van der Waals surface area contributed by atoms with E-state index < -0.39 is 11.8 Å². The summed E-state index contributed by atoms with van der Waals surface area (Å²) in [4.78, 5) is 60.8. The van der Waals surface area contributed by atoms with Crippen LogP contribution in [0.25, 0.3) is 11.1 Å². The molecule has 8 heteroatoms. The van der Waals surface area contributed by atoms with Crippen LogP contribution < -0.4 is 9.80 Å². The molecule has 0 unspecified atom stereocenters. The molecular weight excluding hydrogens is 432 g/mol. The fourth-order valence-electron chi connectivity index (χ4n) is 4.24. The van der Waals surface area contributed by atoms with Crippen molar-refractivity contribution in [3.63, 3.8) is 0 Å². The van der Waals surface area contributed by atoms with E-state index in [2.05, 4.69) is 9.97 Å². The number of carbonyl (C=O) groups is 4. The first-order valence-electron chi connectivity index (χ1n) is 10.4. The Hall–Kier alpha value is -4.98. The third-order valence-corrected chi connectivity index (χ3v) is 5.96. The van der Waals surface area contributed by atoms with E-state index >= 15 is 0 Å². The van der Waals surface area contributed by atoms with E-state index in [1.807, 2.05) is 0 Å². The Labute approximate surface area is 193 Å². The lowest BCUT2D eigenvalue weighted by molar-refractivity contribution is 0.0910. The zero-order valence-electron chi connectivity index (χ0n) is 17.5. The molecule has 0 bridgehead atoms. The van der Waals surface area contributed by atoms with Gasteiger partial charge >= 0.3 is 0 Å². The van der Waals surface area contributed by atoms with Crippen LogP contribution in [0.5, 0.6) is 0 Å². The van der Waals surface area contributed by atoms with Crippen LogP contribution in [0.4, 0.5) is 11.4 Å². The lowest BCUT2D eigenvalue weighted by Gasteiger charge is -2.15. The molecule has 2 aliphatic heterocycles. The van der Waals surface area contributed by atoms with Crippen molar-refractivity contribution in [3.8, 4) is 11.1 Å². The third-order valence-electron chi connectivity index (χ3n) is 5.96. The molecule has 34 heavy (non-hydrogen) atoms. The molecule has 2 aliphatic rings. The molecule has 0 radical (unpaired) electrons. The number of fused-ring (bicyclic) bond motifs is 2. The van der Waals surface area contributed by atoms with Crippen LogP contribution in [-0.4, -0.2) is 33.6 Å². The maximum atomic E-state index is 12.7. The van der Waals surface area contributed by atoms with Gasteiger partial charge in [-0.15, -0.1) is 0 Å². The molecule has 0 fully saturated rings. The molecule has 4 heterocycles. The van der Waals surface area contributed by atoms with E-state index in [1.54, 1.807) is 48.5 Å². The van der Waals surface area contributed by atoms with Crippen molar-refractivity contribution in [3.05, 3.63) is 108 Å². The molecule has 0 N–H and O–H groups in total. The van der Waals surface area contributed by atoms with Crippen molar-refractivity contribution < 1.29 is 19.2 Å². The van der Waals surface area contributed by atoms with Gasteiger partial charge in [-0.05, 0) is 47.5 Å². The topological polar surface area (TPSA) is 101 Å². The predicted molar refractivity (Wildman–Crippen MR) is 123 cm³/mol. The molecule has 0 saturated carbocycles. The number of carbonyl (C=O) groups excluding carboxylic acids is 4. The number of benzene rings is 2. The van der Waals surface area contributed by atoms with E-state index in [4.69, 9.17) is 0 Å². The maximum Gasteiger partial charge on any atom is 0.267 e. The molecule has 2 aromatic carbocycles. The van der Waals surface area contributed by atoms with Crippen molar-refractivity contribution >= 4 is 35.0 Å². The standard InChI is InChI=1S/C26H14N4O4/c31-23-19-9-11-27-13-21(19)25(33)29(23)17-5-1-15(2-6-17)16-3-7-18(8-4-16)30-24(32)20-10-12-28-14-22(20)26(30)34/h1-14H. The van der Waals surface area contributed by atoms with Crippen LogP contribution in [0.15, 0.2) is 85.5 Å². The van der Waals surface area contributed by atoms with E-state index in [0.29, 0.717) is 22.5 Å². The van der Waals surface area contributed by atoms with Gasteiger partial charge in [0.2, 0.25) is 0 Å². The molecule has 4 amide bonds. The molecule has 4 aromatic rings. The quantitative estimate of drug-likeness (QED) is 0.445. The average Bonchev–Trinajstić information content (AvgIpc) is 3.29. The van der Waals surface area contributed by atoms with Crippen LogP contribution >= 0.6 is 0 Å². The van der Waals surface area contributed by atoms with Gasteiger partial charge in [-0.2, -0.15) is 0 Å². The molecule has 0 aliphatic carbocycles. The van der Waals surface area contributed by atoms with Crippen LogP contribution in [-0.2, 0) is 0 Å². The van der Waals surface area contributed by atoms with Gasteiger partial charge in [0.25, 0.3) is 23.6 Å². The largest absolute Gasteiger partial charge is 0.268 e. The molecule has 2 aromatic heterocycles. The first-order valence-corrected chi connectivity index (χ1v) is 10.4. The molecular formula is C26H14N4O4. The normalized spacial score (nSPS) is 14.6. The number of aromatic nitrogens is 2. The number of amides is 4. The molecule has 6 rings (SSSR count). The summed E-state index contributed by atoms with van der Waals surface area (Å²) in [5.41, 5.74) is 3.87. The van der Waals surface area contributed by atoms with Gasteiger partial charge in [0, 0.05) is 24.8 Å². The van der Waals surface area contributed by atoms with E-state index in [1.165, 1.54) is 36.9 Å². The van der Waals surface area contributed by atoms with Crippen molar-refractivity contribution in [2.45, 2.75) is 0 Å². The summed E-state index contributed by atoms with van der Waals surface area (Å²) in [5, 5.41) is 0. The number of hydrogen-bond acceptors (Lipinski definition) is 6. The van der Waals surface area contributed by atoms with Crippen LogP contribution in [0.3, 0.4) is 0 Å². The highest BCUT2D eigenvalue weighted by molar-refractivity contribution is 6.35. The average molecular weight is 446 g/mol. The molecule has 0 atom stereocenters. The molecule has 0 saturated heterocycles. The van der Waals surface area contributed by atoms with Crippen molar-refractivity contribution in [2.75, 3.05) is 9.80 Å². The molecule has 8 nitrogen and oxygen atoms in total. The monoisotopic (exact) mass is 446 g/mol. The molecule has 162 valence electrons. The first kappa shape index (κ1) is 19.7. The number of nitrogens with zero attached hydrogens (tertiary/aromatic N) is 4. The molecule has 0 spiro atoms. The van der Waals surface area contributed by atoms with E-state index in [-0.39, 0.29) is 22.9 Å². The van der Waals surface area contributed by atoms with Gasteiger partial charge in [-0.1, -0.05) is 24.3 Å². The van der Waals surface area contributed by atoms with Crippen LogP contribution in [0, 0.1) is 0 Å². The van der Waals surface area contributed by atoms with E-state index in [0.717, 1.165) is 20.9 Å². The van der Waals surface area contributed by atoms with Crippen LogP contribution in [0.1, 0.15) is 41.4 Å². The summed E-state index contributed by atoms with van der Waals surface area (Å²) in [7, 11) is 0. The summed E-state index contributed by atoms with van der Waals surface area (Å²) in [6, 6.07) is 17.1. The summed E-state index contributed by atoms with van der Waals surface area (Å²) >= 11 is 0.